The lowest BCUT2D eigenvalue weighted by molar-refractivity contribution is -0.154. The summed E-state index contributed by atoms with van der Waals surface area (Å²) in [5.74, 6) is 0.304. The number of piperidine rings is 1. The van der Waals surface area contributed by atoms with E-state index in [1.165, 1.54) is 0 Å². The minimum Gasteiger partial charge on any atom is -0.380 e. The Hall–Kier alpha value is -0.910. The predicted molar refractivity (Wildman–Crippen MR) is 82.2 cm³/mol. The summed E-state index contributed by atoms with van der Waals surface area (Å²) in [4.78, 5) is 19.7. The van der Waals surface area contributed by atoms with Crippen LogP contribution in [0, 0.1) is 0 Å². The van der Waals surface area contributed by atoms with E-state index >= 15 is 0 Å². The number of likely N-dealkylation sites (tertiary alicyclic amines) is 1. The average Bonchev–Trinajstić information content (AvgIpc) is 3.03. The lowest BCUT2D eigenvalue weighted by Gasteiger charge is -2.52. The molecule has 3 saturated heterocycles. The summed E-state index contributed by atoms with van der Waals surface area (Å²) < 4.78 is 5.50. The van der Waals surface area contributed by atoms with Crippen LogP contribution < -0.4 is 0 Å². The highest BCUT2D eigenvalue weighted by Crippen LogP contribution is 2.34. The molecule has 0 radical (unpaired) electrons. The van der Waals surface area contributed by atoms with E-state index in [0.717, 1.165) is 58.7 Å². The summed E-state index contributed by atoms with van der Waals surface area (Å²) in [6.07, 6.45) is 4.85. The molecule has 1 unspecified atom stereocenters. The van der Waals surface area contributed by atoms with Crippen molar-refractivity contribution in [2.45, 2.75) is 30.8 Å². The molecule has 1 spiro atoms. The van der Waals surface area contributed by atoms with Gasteiger partial charge in [-0.15, -0.1) is 6.58 Å². The molecule has 0 aromatic rings. The molecule has 0 aromatic carbocycles. The zero-order valence-electron chi connectivity index (χ0n) is 13.1. The van der Waals surface area contributed by atoms with Crippen molar-refractivity contribution in [3.05, 3.63) is 12.7 Å². The first-order chi connectivity index (χ1) is 10.2. The average molecular weight is 293 g/mol. The summed E-state index contributed by atoms with van der Waals surface area (Å²) in [5.41, 5.74) is -0.281. The number of carbonyl (C=O) groups excluding carboxylic acids is 1. The molecular formula is C16H27N3O2. The highest BCUT2D eigenvalue weighted by atomic mass is 16.5. The standard InChI is InChI=1S/C16H27N3O2/c1-3-7-19-11-10-17(2)16(15(19)20)5-8-18(9-6-16)14-4-12-21-13-14/h3,14H,1,4-13H2,2H3. The summed E-state index contributed by atoms with van der Waals surface area (Å²) >= 11 is 0. The van der Waals surface area contributed by atoms with Gasteiger partial charge in [0.05, 0.1) is 6.61 Å². The van der Waals surface area contributed by atoms with Crippen LogP contribution >= 0.6 is 0 Å². The van der Waals surface area contributed by atoms with Gasteiger partial charge in [-0.2, -0.15) is 0 Å². The maximum absolute atomic E-state index is 12.9. The van der Waals surface area contributed by atoms with Crippen molar-refractivity contribution < 1.29 is 9.53 Å². The van der Waals surface area contributed by atoms with Crippen molar-refractivity contribution in [1.29, 1.82) is 0 Å². The third kappa shape index (κ3) is 2.62. The van der Waals surface area contributed by atoms with Gasteiger partial charge in [-0.1, -0.05) is 6.08 Å². The number of hydrogen-bond acceptors (Lipinski definition) is 4. The Kier molecular flexibility index (Phi) is 4.33. The molecule has 3 heterocycles. The number of carbonyl (C=O) groups is 1. The molecule has 3 aliphatic heterocycles. The third-order valence-corrected chi connectivity index (χ3v) is 5.52. The fourth-order valence-electron chi connectivity index (χ4n) is 4.04. The second-order valence-corrected chi connectivity index (χ2v) is 6.55. The van der Waals surface area contributed by atoms with Gasteiger partial charge in [0.2, 0.25) is 5.91 Å². The van der Waals surface area contributed by atoms with Crippen LogP contribution in [0.2, 0.25) is 0 Å². The van der Waals surface area contributed by atoms with Crippen LogP contribution in [0.3, 0.4) is 0 Å². The Morgan fingerprint density at radius 3 is 2.71 bits per heavy atom. The summed E-state index contributed by atoms with van der Waals surface area (Å²) in [5, 5.41) is 0. The number of amides is 1. The van der Waals surface area contributed by atoms with Gasteiger partial charge in [0, 0.05) is 45.4 Å². The second-order valence-electron chi connectivity index (χ2n) is 6.55. The van der Waals surface area contributed by atoms with E-state index in [-0.39, 0.29) is 5.54 Å². The number of hydrogen-bond donors (Lipinski definition) is 0. The van der Waals surface area contributed by atoms with Crippen LogP contribution in [0.25, 0.3) is 0 Å². The van der Waals surface area contributed by atoms with Crippen molar-refractivity contribution in [2.24, 2.45) is 0 Å². The minimum atomic E-state index is -0.281. The molecule has 1 atom stereocenters. The molecule has 0 N–H and O–H groups in total. The summed E-state index contributed by atoms with van der Waals surface area (Å²) in [6, 6.07) is 0.565. The van der Waals surface area contributed by atoms with E-state index in [1.54, 1.807) is 0 Å². The Balaban J connectivity index is 1.68. The largest absolute Gasteiger partial charge is 0.380 e. The maximum atomic E-state index is 12.9. The quantitative estimate of drug-likeness (QED) is 0.713. The zero-order valence-corrected chi connectivity index (χ0v) is 13.1. The van der Waals surface area contributed by atoms with Crippen LogP contribution in [0.1, 0.15) is 19.3 Å². The first-order valence-corrected chi connectivity index (χ1v) is 8.11. The SMILES string of the molecule is C=CCN1CCN(C)C2(CCN(C3CCOC3)CC2)C1=O. The van der Waals surface area contributed by atoms with Gasteiger partial charge in [0.15, 0.2) is 0 Å². The van der Waals surface area contributed by atoms with Gasteiger partial charge < -0.3 is 9.64 Å². The van der Waals surface area contributed by atoms with E-state index in [9.17, 15) is 4.79 Å². The Morgan fingerprint density at radius 2 is 2.10 bits per heavy atom. The topological polar surface area (TPSA) is 36.0 Å². The molecule has 5 nitrogen and oxygen atoms in total. The van der Waals surface area contributed by atoms with Crippen molar-refractivity contribution in [1.82, 2.24) is 14.7 Å². The number of rotatable bonds is 3. The Bertz CT molecular complexity index is 398. The Morgan fingerprint density at radius 1 is 1.33 bits per heavy atom. The number of ether oxygens (including phenoxy) is 1. The highest BCUT2D eigenvalue weighted by molar-refractivity contribution is 5.87. The van der Waals surface area contributed by atoms with Gasteiger partial charge in [0.1, 0.15) is 5.54 Å². The van der Waals surface area contributed by atoms with Crippen LogP contribution in [-0.2, 0) is 9.53 Å². The van der Waals surface area contributed by atoms with Crippen molar-refractivity contribution in [2.75, 3.05) is 53.0 Å². The molecule has 1 amide bonds. The van der Waals surface area contributed by atoms with E-state index in [4.69, 9.17) is 4.74 Å². The number of nitrogens with zero attached hydrogens (tertiary/aromatic N) is 3. The Labute approximate surface area is 127 Å². The number of piperazine rings is 1. The van der Waals surface area contributed by atoms with Gasteiger partial charge in [-0.05, 0) is 26.3 Å². The molecule has 0 saturated carbocycles. The molecule has 118 valence electrons. The molecule has 5 heteroatoms. The molecule has 21 heavy (non-hydrogen) atoms. The smallest absolute Gasteiger partial charge is 0.243 e. The maximum Gasteiger partial charge on any atom is 0.243 e. The minimum absolute atomic E-state index is 0.281. The monoisotopic (exact) mass is 293 g/mol. The fourth-order valence-corrected chi connectivity index (χ4v) is 4.04. The first-order valence-electron chi connectivity index (χ1n) is 8.11. The first kappa shape index (κ1) is 15.0. The van der Waals surface area contributed by atoms with E-state index in [2.05, 4.69) is 23.4 Å². The van der Waals surface area contributed by atoms with E-state index < -0.39 is 0 Å². The highest BCUT2D eigenvalue weighted by Gasteiger charge is 2.49. The summed E-state index contributed by atoms with van der Waals surface area (Å²) in [7, 11) is 2.11. The second kappa shape index (κ2) is 6.07. The van der Waals surface area contributed by atoms with E-state index in [1.807, 2.05) is 11.0 Å². The van der Waals surface area contributed by atoms with Crippen LogP contribution in [0.4, 0.5) is 0 Å². The molecule has 3 aliphatic rings. The molecular weight excluding hydrogens is 266 g/mol. The zero-order chi connectivity index (χ0) is 14.9. The van der Waals surface area contributed by atoms with Crippen LogP contribution in [0.15, 0.2) is 12.7 Å². The molecule has 3 fully saturated rings. The van der Waals surface area contributed by atoms with E-state index in [0.29, 0.717) is 18.5 Å². The summed E-state index contributed by atoms with van der Waals surface area (Å²) in [6.45, 7) is 10.00. The molecule has 3 rings (SSSR count). The van der Waals surface area contributed by atoms with Crippen molar-refractivity contribution in [3.63, 3.8) is 0 Å². The van der Waals surface area contributed by atoms with Gasteiger partial charge in [-0.25, -0.2) is 0 Å². The van der Waals surface area contributed by atoms with Gasteiger partial charge in [-0.3, -0.25) is 14.6 Å². The lowest BCUT2D eigenvalue weighted by atomic mass is 9.82. The molecule has 0 aromatic heterocycles. The van der Waals surface area contributed by atoms with Crippen LogP contribution in [-0.4, -0.2) is 85.2 Å². The molecule has 0 bridgehead atoms. The fraction of sp³-hybridized carbons (Fsp3) is 0.812. The normalized spacial score (nSPS) is 31.0. The third-order valence-electron chi connectivity index (χ3n) is 5.52. The van der Waals surface area contributed by atoms with Crippen molar-refractivity contribution >= 4 is 5.91 Å². The van der Waals surface area contributed by atoms with Gasteiger partial charge >= 0.3 is 0 Å². The number of likely N-dealkylation sites (N-methyl/N-ethyl adjacent to an activating group) is 1. The van der Waals surface area contributed by atoms with Crippen molar-refractivity contribution in [3.8, 4) is 0 Å². The lowest BCUT2D eigenvalue weighted by Crippen LogP contribution is -2.68. The van der Waals surface area contributed by atoms with Crippen LogP contribution in [0.5, 0.6) is 0 Å². The predicted octanol–water partition coefficient (Wildman–Crippen LogP) is 0.570. The molecule has 0 aliphatic carbocycles. The van der Waals surface area contributed by atoms with Gasteiger partial charge in [0.25, 0.3) is 0 Å².